The van der Waals surface area contributed by atoms with Crippen molar-refractivity contribution in [1.82, 2.24) is 4.57 Å². The van der Waals surface area contributed by atoms with Crippen molar-refractivity contribution >= 4 is 50.6 Å². The van der Waals surface area contributed by atoms with Crippen LogP contribution in [-0.4, -0.2) is 10.8 Å². The Bertz CT molecular complexity index is 3050. The van der Waals surface area contributed by atoms with Gasteiger partial charge < -0.3 is 9.47 Å². The smallest absolute Gasteiger partial charge is 0.0754 e. The maximum Gasteiger partial charge on any atom is 0.0754 e. The number of anilines is 3. The lowest BCUT2D eigenvalue weighted by Gasteiger charge is -2.43. The van der Waals surface area contributed by atoms with Crippen LogP contribution in [0.3, 0.4) is 0 Å². The van der Waals surface area contributed by atoms with Crippen molar-refractivity contribution in [1.29, 1.82) is 0 Å². The molecule has 0 N–H and O–H groups in total. The van der Waals surface area contributed by atoms with Crippen molar-refractivity contribution in [3.8, 4) is 27.9 Å². The second kappa shape index (κ2) is 14.4. The normalized spacial score (nSPS) is 14.3. The second-order valence-electron chi connectivity index (χ2n) is 15.2. The number of hydrogen-bond donors (Lipinski definition) is 0. The molecule has 0 aliphatic carbocycles. The first kappa shape index (κ1) is 35.1. The molecule has 2 nitrogen and oxygen atoms in total. The first-order chi connectivity index (χ1) is 29.2. The van der Waals surface area contributed by atoms with Gasteiger partial charge in [-0.25, -0.2) is 0 Å². The number of nitrogens with zero attached hydrogens (tertiary/aromatic N) is 2. The van der Waals surface area contributed by atoms with Crippen molar-refractivity contribution in [2.75, 3.05) is 11.2 Å². The summed E-state index contributed by atoms with van der Waals surface area (Å²) >= 11 is 1.82. The number of fused-ring (bicyclic) bond motifs is 5. The van der Waals surface area contributed by atoms with Gasteiger partial charge in [0.2, 0.25) is 0 Å². The average Bonchev–Trinajstić information content (AvgIpc) is 3.66. The minimum atomic E-state index is -0.629. The summed E-state index contributed by atoms with van der Waals surface area (Å²) in [5.41, 5.74) is 16.2. The maximum absolute atomic E-state index is 2.51. The topological polar surface area (TPSA) is 8.17 Å². The van der Waals surface area contributed by atoms with Gasteiger partial charge in [-0.15, -0.1) is 11.8 Å². The number of hydrogen-bond acceptors (Lipinski definition) is 2. The fraction of sp³-hybridized carbons (Fsp3) is 0.0357. The standard InChI is InChI=1S/C56H40N2S/c1-59-54-29-13-10-25-50(54)56(49-24-9-12-28-53(49)58-52-27-11-8-22-47(52)48-23-15-26-51(56)55(48)58)43-20-14-21-46(38-43)57(44-34-30-41(31-35-44)39-16-4-2-5-17-39)45-36-32-42(33-37-45)40-18-6-3-7-19-40/h2-38H,1H3/t56-/m0/s1. The van der Waals surface area contributed by atoms with Crippen LogP contribution in [0.2, 0.25) is 0 Å². The molecule has 3 heteroatoms. The highest BCUT2D eigenvalue weighted by molar-refractivity contribution is 7.98. The van der Waals surface area contributed by atoms with Crippen LogP contribution in [0.4, 0.5) is 17.1 Å². The summed E-state index contributed by atoms with van der Waals surface area (Å²) in [6.45, 7) is 0. The highest BCUT2D eigenvalue weighted by Gasteiger charge is 2.46. The lowest BCUT2D eigenvalue weighted by atomic mass is 9.63. The highest BCUT2D eigenvalue weighted by atomic mass is 32.2. The van der Waals surface area contributed by atoms with Crippen molar-refractivity contribution in [3.63, 3.8) is 0 Å². The summed E-state index contributed by atoms with van der Waals surface area (Å²) in [7, 11) is 0. The van der Waals surface area contributed by atoms with Crippen LogP contribution in [0.1, 0.15) is 22.3 Å². The fourth-order valence-electron chi connectivity index (χ4n) is 9.61. The van der Waals surface area contributed by atoms with E-state index >= 15 is 0 Å². The Balaban J connectivity index is 1.18. The quantitative estimate of drug-likeness (QED) is 0.142. The van der Waals surface area contributed by atoms with Gasteiger partial charge in [-0.1, -0.05) is 170 Å². The van der Waals surface area contributed by atoms with Gasteiger partial charge >= 0.3 is 0 Å². The Morgan fingerprint density at radius 2 is 0.932 bits per heavy atom. The minimum absolute atomic E-state index is 0.629. The maximum atomic E-state index is 2.51. The molecule has 0 spiro atoms. The third-order valence-electron chi connectivity index (χ3n) is 12.2. The van der Waals surface area contributed by atoms with Crippen molar-refractivity contribution in [3.05, 3.63) is 247 Å². The van der Waals surface area contributed by atoms with Gasteiger partial charge in [-0.2, -0.15) is 0 Å². The van der Waals surface area contributed by atoms with E-state index in [0.717, 1.165) is 17.1 Å². The van der Waals surface area contributed by atoms with Crippen LogP contribution in [0.25, 0.3) is 49.7 Å². The summed E-state index contributed by atoms with van der Waals surface area (Å²) in [5.74, 6) is 0. The molecule has 0 bridgehead atoms. The predicted octanol–water partition coefficient (Wildman–Crippen LogP) is 15.0. The third-order valence-corrected chi connectivity index (χ3v) is 13.0. The molecule has 59 heavy (non-hydrogen) atoms. The van der Waals surface area contributed by atoms with E-state index in [1.54, 1.807) is 0 Å². The number of rotatable bonds is 8. The molecule has 0 saturated carbocycles. The van der Waals surface area contributed by atoms with E-state index in [4.69, 9.17) is 0 Å². The SMILES string of the molecule is CSc1ccccc1[C@]1(c2cccc(N(c3ccc(-c4ccccc4)cc3)c3ccc(-c4ccccc4)cc3)c2)c2ccccc2-n2c3ccccc3c3cccc1c32. The average molecular weight is 773 g/mol. The molecule has 0 amide bonds. The molecule has 10 aromatic rings. The van der Waals surface area contributed by atoms with Gasteiger partial charge in [0.25, 0.3) is 0 Å². The zero-order valence-electron chi connectivity index (χ0n) is 32.7. The number of para-hydroxylation sites is 3. The first-order valence-corrected chi connectivity index (χ1v) is 21.4. The molecule has 0 unspecified atom stereocenters. The molecule has 1 aromatic heterocycles. The number of thioether (sulfide) groups is 1. The number of benzene rings is 9. The van der Waals surface area contributed by atoms with Gasteiger partial charge in [0.1, 0.15) is 0 Å². The summed E-state index contributed by atoms with van der Waals surface area (Å²) in [6.07, 6.45) is 2.20. The Morgan fingerprint density at radius 1 is 0.407 bits per heavy atom. The van der Waals surface area contributed by atoms with Crippen LogP contribution >= 0.6 is 11.8 Å². The van der Waals surface area contributed by atoms with Crippen LogP contribution in [0.15, 0.2) is 229 Å². The molecule has 0 fully saturated rings. The zero-order valence-corrected chi connectivity index (χ0v) is 33.5. The van der Waals surface area contributed by atoms with Gasteiger partial charge in [0.05, 0.1) is 22.1 Å². The summed E-state index contributed by atoms with van der Waals surface area (Å²) in [4.78, 5) is 3.67. The predicted molar refractivity (Wildman–Crippen MR) is 250 cm³/mol. The van der Waals surface area contributed by atoms with E-state index in [-0.39, 0.29) is 0 Å². The molecule has 1 aliphatic heterocycles. The van der Waals surface area contributed by atoms with Crippen LogP contribution in [0.5, 0.6) is 0 Å². The van der Waals surface area contributed by atoms with E-state index < -0.39 is 5.41 Å². The monoisotopic (exact) mass is 772 g/mol. The van der Waals surface area contributed by atoms with Gasteiger partial charge in [0.15, 0.2) is 0 Å². The van der Waals surface area contributed by atoms with Crippen molar-refractivity contribution in [2.24, 2.45) is 0 Å². The molecule has 11 rings (SSSR count). The summed E-state index contributed by atoms with van der Waals surface area (Å²) < 4.78 is 2.51. The highest BCUT2D eigenvalue weighted by Crippen LogP contribution is 2.56. The van der Waals surface area contributed by atoms with Crippen LogP contribution < -0.4 is 4.90 Å². The molecule has 1 aliphatic rings. The van der Waals surface area contributed by atoms with E-state index in [2.05, 4.69) is 240 Å². The van der Waals surface area contributed by atoms with Crippen molar-refractivity contribution < 1.29 is 0 Å². The molecule has 2 heterocycles. The second-order valence-corrected chi connectivity index (χ2v) is 16.1. The first-order valence-electron chi connectivity index (χ1n) is 20.2. The molecular formula is C56H40N2S. The molecule has 1 atom stereocenters. The van der Waals surface area contributed by atoms with E-state index in [0.29, 0.717) is 0 Å². The van der Waals surface area contributed by atoms with Gasteiger partial charge in [-0.05, 0) is 105 Å². The fourth-order valence-corrected chi connectivity index (χ4v) is 10.3. The summed E-state index contributed by atoms with van der Waals surface area (Å²) in [6, 6.07) is 82.5. The van der Waals surface area contributed by atoms with Crippen LogP contribution in [0, 0.1) is 0 Å². The van der Waals surface area contributed by atoms with E-state index in [1.165, 1.54) is 76.9 Å². The minimum Gasteiger partial charge on any atom is -0.310 e. The molecular weight excluding hydrogens is 733 g/mol. The largest absolute Gasteiger partial charge is 0.310 e. The summed E-state index contributed by atoms with van der Waals surface area (Å²) in [5, 5.41) is 2.54. The Hall–Kier alpha value is -7.07. The van der Waals surface area contributed by atoms with Gasteiger partial charge in [-0.3, -0.25) is 0 Å². The lowest BCUT2D eigenvalue weighted by Crippen LogP contribution is -2.36. The molecule has 9 aromatic carbocycles. The number of aromatic nitrogens is 1. The zero-order chi connectivity index (χ0) is 39.3. The lowest BCUT2D eigenvalue weighted by molar-refractivity contribution is 0.712. The van der Waals surface area contributed by atoms with Crippen LogP contribution in [-0.2, 0) is 5.41 Å². The van der Waals surface area contributed by atoms with E-state index in [1.807, 2.05) is 11.8 Å². The van der Waals surface area contributed by atoms with E-state index in [9.17, 15) is 0 Å². The molecule has 0 saturated heterocycles. The third kappa shape index (κ3) is 5.57. The Morgan fingerprint density at radius 3 is 1.61 bits per heavy atom. The Labute approximate surface area is 349 Å². The molecule has 280 valence electrons. The van der Waals surface area contributed by atoms with Gasteiger partial charge in [0, 0.05) is 32.7 Å². The Kier molecular flexibility index (Phi) is 8.57. The van der Waals surface area contributed by atoms with Crippen molar-refractivity contribution in [2.45, 2.75) is 10.3 Å². The molecule has 0 radical (unpaired) electrons.